The smallest absolute Gasteiger partial charge is 0.204 e. The molecule has 0 N–H and O–H groups in total. The first-order valence-corrected chi connectivity index (χ1v) is 6.56. The molecule has 1 aromatic carbocycles. The average Bonchev–Trinajstić information content (AvgIpc) is 2.98. The molecule has 0 bridgehead atoms. The van der Waals surface area contributed by atoms with Gasteiger partial charge in [0, 0.05) is 5.92 Å². The van der Waals surface area contributed by atoms with Gasteiger partial charge in [0.1, 0.15) is 0 Å². The molecule has 0 atom stereocenters. The van der Waals surface area contributed by atoms with Crippen LogP contribution in [0.25, 0.3) is 0 Å². The van der Waals surface area contributed by atoms with E-state index >= 15 is 0 Å². The van der Waals surface area contributed by atoms with Crippen molar-refractivity contribution in [2.24, 2.45) is 5.92 Å². The van der Waals surface area contributed by atoms with E-state index in [9.17, 15) is 4.79 Å². The Morgan fingerprint density at radius 1 is 1.00 bits per heavy atom. The standard InChI is InChI=1S/C15H20O4/c1-17-12-9-8-11(14(18-2)15(12)19-3)13(16)10-6-4-5-7-10/h8-10H,4-7H2,1-3H3. The number of Topliss-reactive ketones (excluding diaryl/α,β-unsaturated/α-hetero) is 1. The molecule has 0 amide bonds. The van der Waals surface area contributed by atoms with Crippen LogP contribution in [0.2, 0.25) is 0 Å². The van der Waals surface area contributed by atoms with Crippen LogP contribution in [0, 0.1) is 5.92 Å². The summed E-state index contributed by atoms with van der Waals surface area (Å²) in [6, 6.07) is 3.52. The summed E-state index contributed by atoms with van der Waals surface area (Å²) in [4.78, 5) is 12.5. The first-order chi connectivity index (χ1) is 9.22. The van der Waals surface area contributed by atoms with Crippen LogP contribution in [0.1, 0.15) is 36.0 Å². The lowest BCUT2D eigenvalue weighted by molar-refractivity contribution is 0.0919. The summed E-state index contributed by atoms with van der Waals surface area (Å²) in [5, 5.41) is 0. The fourth-order valence-electron chi connectivity index (χ4n) is 2.70. The molecule has 0 saturated heterocycles. The minimum absolute atomic E-state index is 0.118. The average molecular weight is 264 g/mol. The summed E-state index contributed by atoms with van der Waals surface area (Å²) in [6.45, 7) is 0. The van der Waals surface area contributed by atoms with Crippen LogP contribution in [0.15, 0.2) is 12.1 Å². The maximum absolute atomic E-state index is 12.5. The molecule has 4 heteroatoms. The van der Waals surface area contributed by atoms with E-state index in [-0.39, 0.29) is 11.7 Å². The maximum atomic E-state index is 12.5. The minimum atomic E-state index is 0.118. The lowest BCUT2D eigenvalue weighted by Gasteiger charge is -2.16. The molecule has 4 nitrogen and oxygen atoms in total. The van der Waals surface area contributed by atoms with Crippen molar-refractivity contribution in [2.75, 3.05) is 21.3 Å². The third-order valence-corrected chi connectivity index (χ3v) is 3.70. The van der Waals surface area contributed by atoms with Crippen LogP contribution >= 0.6 is 0 Å². The van der Waals surface area contributed by atoms with Gasteiger partial charge in [-0.15, -0.1) is 0 Å². The summed E-state index contributed by atoms with van der Waals surface area (Å²) in [5.74, 6) is 1.79. The second-order valence-corrected chi connectivity index (χ2v) is 4.73. The summed E-state index contributed by atoms with van der Waals surface area (Å²) in [7, 11) is 4.66. The van der Waals surface area contributed by atoms with Crippen LogP contribution in [-0.2, 0) is 0 Å². The molecule has 1 aliphatic carbocycles. The van der Waals surface area contributed by atoms with E-state index in [2.05, 4.69) is 0 Å². The van der Waals surface area contributed by atoms with Crippen LogP contribution in [0.5, 0.6) is 17.2 Å². The van der Waals surface area contributed by atoms with E-state index in [1.54, 1.807) is 33.5 Å². The molecule has 0 heterocycles. The molecule has 2 rings (SSSR count). The Kier molecular flexibility index (Phi) is 4.30. The molecule has 0 aliphatic heterocycles. The molecule has 0 radical (unpaired) electrons. The molecule has 104 valence electrons. The van der Waals surface area contributed by atoms with Crippen molar-refractivity contribution in [1.82, 2.24) is 0 Å². The fourth-order valence-corrected chi connectivity index (χ4v) is 2.70. The van der Waals surface area contributed by atoms with Gasteiger partial charge in [-0.1, -0.05) is 12.8 Å². The Labute approximate surface area is 113 Å². The molecule has 1 aliphatic rings. The molecule has 0 aromatic heterocycles. The quantitative estimate of drug-likeness (QED) is 0.767. The largest absolute Gasteiger partial charge is 0.493 e. The van der Waals surface area contributed by atoms with Crippen molar-refractivity contribution in [3.63, 3.8) is 0 Å². The zero-order valence-corrected chi connectivity index (χ0v) is 11.7. The van der Waals surface area contributed by atoms with Gasteiger partial charge in [-0.25, -0.2) is 0 Å². The van der Waals surface area contributed by atoms with E-state index in [0.717, 1.165) is 25.7 Å². The van der Waals surface area contributed by atoms with Crippen molar-refractivity contribution in [1.29, 1.82) is 0 Å². The zero-order valence-electron chi connectivity index (χ0n) is 11.7. The molecule has 0 unspecified atom stereocenters. The SMILES string of the molecule is COc1ccc(C(=O)C2CCCC2)c(OC)c1OC. The summed E-state index contributed by atoms with van der Waals surface area (Å²) >= 11 is 0. The monoisotopic (exact) mass is 264 g/mol. The van der Waals surface area contributed by atoms with E-state index < -0.39 is 0 Å². The van der Waals surface area contributed by atoms with E-state index in [4.69, 9.17) is 14.2 Å². The molecule has 19 heavy (non-hydrogen) atoms. The second kappa shape index (κ2) is 5.95. The number of carbonyl (C=O) groups excluding carboxylic acids is 1. The Hall–Kier alpha value is -1.71. The topological polar surface area (TPSA) is 44.8 Å². The Morgan fingerprint density at radius 3 is 2.16 bits per heavy atom. The van der Waals surface area contributed by atoms with Crippen molar-refractivity contribution in [3.8, 4) is 17.2 Å². The highest BCUT2D eigenvalue weighted by Crippen LogP contribution is 2.41. The number of hydrogen-bond acceptors (Lipinski definition) is 4. The summed E-state index contributed by atoms with van der Waals surface area (Å²) in [5.41, 5.74) is 0.590. The molecular formula is C15H20O4. The third kappa shape index (κ3) is 2.53. The minimum Gasteiger partial charge on any atom is -0.493 e. The number of benzene rings is 1. The first kappa shape index (κ1) is 13.7. The van der Waals surface area contributed by atoms with Crippen LogP contribution in [-0.4, -0.2) is 27.1 Å². The van der Waals surface area contributed by atoms with Gasteiger partial charge in [-0.2, -0.15) is 0 Å². The summed E-state index contributed by atoms with van der Waals surface area (Å²) in [6.07, 6.45) is 4.20. The zero-order chi connectivity index (χ0) is 13.8. The Bertz CT molecular complexity index is 461. The fraction of sp³-hybridized carbons (Fsp3) is 0.533. The predicted octanol–water partition coefficient (Wildman–Crippen LogP) is 3.09. The highest BCUT2D eigenvalue weighted by Gasteiger charge is 2.28. The molecular weight excluding hydrogens is 244 g/mol. The molecule has 1 fully saturated rings. The van der Waals surface area contributed by atoms with Crippen LogP contribution in [0.4, 0.5) is 0 Å². The van der Waals surface area contributed by atoms with Gasteiger partial charge in [0.2, 0.25) is 5.75 Å². The van der Waals surface area contributed by atoms with Crippen molar-refractivity contribution in [3.05, 3.63) is 17.7 Å². The normalized spacial score (nSPS) is 15.3. The van der Waals surface area contributed by atoms with Crippen molar-refractivity contribution < 1.29 is 19.0 Å². The van der Waals surface area contributed by atoms with Gasteiger partial charge >= 0.3 is 0 Å². The lowest BCUT2D eigenvalue weighted by atomic mass is 9.95. The number of ether oxygens (including phenoxy) is 3. The van der Waals surface area contributed by atoms with Gasteiger partial charge in [-0.3, -0.25) is 4.79 Å². The highest BCUT2D eigenvalue weighted by molar-refractivity contribution is 6.01. The molecule has 1 aromatic rings. The van der Waals surface area contributed by atoms with Gasteiger partial charge in [0.25, 0.3) is 0 Å². The Balaban J connectivity index is 2.42. The number of rotatable bonds is 5. The van der Waals surface area contributed by atoms with Crippen LogP contribution < -0.4 is 14.2 Å². The number of ketones is 1. The van der Waals surface area contributed by atoms with E-state index in [1.807, 2.05) is 0 Å². The van der Waals surface area contributed by atoms with Gasteiger partial charge in [0.05, 0.1) is 26.9 Å². The third-order valence-electron chi connectivity index (χ3n) is 3.70. The van der Waals surface area contributed by atoms with Gasteiger partial charge < -0.3 is 14.2 Å². The van der Waals surface area contributed by atoms with Crippen molar-refractivity contribution in [2.45, 2.75) is 25.7 Å². The second-order valence-electron chi connectivity index (χ2n) is 4.73. The highest BCUT2D eigenvalue weighted by atomic mass is 16.5. The van der Waals surface area contributed by atoms with E-state index in [0.29, 0.717) is 22.8 Å². The number of carbonyl (C=O) groups is 1. The van der Waals surface area contributed by atoms with Crippen LogP contribution in [0.3, 0.4) is 0 Å². The van der Waals surface area contributed by atoms with Gasteiger partial charge in [-0.05, 0) is 25.0 Å². The predicted molar refractivity (Wildman–Crippen MR) is 72.4 cm³/mol. The first-order valence-electron chi connectivity index (χ1n) is 6.56. The van der Waals surface area contributed by atoms with Gasteiger partial charge in [0.15, 0.2) is 17.3 Å². The summed E-state index contributed by atoms with van der Waals surface area (Å²) < 4.78 is 15.9. The molecule has 0 spiro atoms. The maximum Gasteiger partial charge on any atom is 0.204 e. The van der Waals surface area contributed by atoms with Crippen molar-refractivity contribution >= 4 is 5.78 Å². The lowest BCUT2D eigenvalue weighted by Crippen LogP contribution is -2.13. The van der Waals surface area contributed by atoms with E-state index in [1.165, 1.54) is 0 Å². The number of methoxy groups -OCH3 is 3. The Morgan fingerprint density at radius 2 is 1.63 bits per heavy atom. The number of hydrogen-bond donors (Lipinski definition) is 0. The molecule has 1 saturated carbocycles.